The van der Waals surface area contributed by atoms with Crippen LogP contribution in [0.25, 0.3) is 0 Å². The van der Waals surface area contributed by atoms with Crippen LogP contribution in [0.2, 0.25) is 0 Å². The maximum Gasteiger partial charge on any atom is 0.0314 e. The Balaban J connectivity index is 1.95. The minimum Gasteiger partial charge on any atom is -0.399 e. The zero-order chi connectivity index (χ0) is 13.0. The Hall–Kier alpha value is -1.41. The summed E-state index contributed by atoms with van der Waals surface area (Å²) in [7, 11) is 0. The molecular weight excluding hydrogens is 238 g/mol. The lowest BCUT2D eigenvalue weighted by atomic mass is 10.0. The molecule has 2 aromatic rings. The van der Waals surface area contributed by atoms with Crippen molar-refractivity contribution in [3.63, 3.8) is 0 Å². The van der Waals surface area contributed by atoms with Gasteiger partial charge in [-0.05, 0) is 41.3 Å². The quantitative estimate of drug-likeness (QED) is 0.635. The van der Waals surface area contributed by atoms with Gasteiger partial charge in [0.05, 0.1) is 0 Å². The van der Waals surface area contributed by atoms with Gasteiger partial charge in [-0.25, -0.2) is 0 Å². The second-order valence-corrected chi connectivity index (χ2v) is 5.80. The van der Waals surface area contributed by atoms with Gasteiger partial charge in [0.25, 0.3) is 0 Å². The van der Waals surface area contributed by atoms with Gasteiger partial charge >= 0.3 is 0 Å². The van der Waals surface area contributed by atoms with Crippen molar-refractivity contribution in [2.45, 2.75) is 30.4 Å². The molecule has 1 nitrogen and oxygen atoms in total. The van der Waals surface area contributed by atoms with E-state index in [2.05, 4.69) is 50.2 Å². The summed E-state index contributed by atoms with van der Waals surface area (Å²) in [5.74, 6) is 1.60. The number of thioether (sulfide) groups is 1. The summed E-state index contributed by atoms with van der Waals surface area (Å²) in [6.07, 6.45) is 0. The monoisotopic (exact) mass is 257 g/mol. The Morgan fingerprint density at radius 2 is 1.56 bits per heavy atom. The van der Waals surface area contributed by atoms with Gasteiger partial charge in [-0.1, -0.05) is 38.1 Å². The van der Waals surface area contributed by atoms with Crippen molar-refractivity contribution < 1.29 is 0 Å². The highest BCUT2D eigenvalue weighted by Crippen LogP contribution is 2.24. The third-order valence-electron chi connectivity index (χ3n) is 2.93. The van der Waals surface area contributed by atoms with Crippen LogP contribution in [-0.4, -0.2) is 0 Å². The van der Waals surface area contributed by atoms with E-state index in [-0.39, 0.29) is 0 Å². The molecule has 94 valence electrons. The average Bonchev–Trinajstić information content (AvgIpc) is 2.38. The van der Waals surface area contributed by atoms with Gasteiger partial charge < -0.3 is 5.73 Å². The molecule has 2 heteroatoms. The van der Waals surface area contributed by atoms with Gasteiger partial charge in [0.2, 0.25) is 0 Å². The maximum atomic E-state index is 5.67. The zero-order valence-corrected chi connectivity index (χ0v) is 11.7. The average molecular weight is 257 g/mol. The summed E-state index contributed by atoms with van der Waals surface area (Å²) < 4.78 is 0. The molecule has 0 aromatic heterocycles. The van der Waals surface area contributed by atoms with Gasteiger partial charge in [-0.3, -0.25) is 0 Å². The van der Waals surface area contributed by atoms with Crippen molar-refractivity contribution >= 4 is 17.4 Å². The van der Waals surface area contributed by atoms with Crippen LogP contribution in [-0.2, 0) is 5.75 Å². The van der Waals surface area contributed by atoms with Gasteiger partial charge in [0.1, 0.15) is 0 Å². The summed E-state index contributed by atoms with van der Waals surface area (Å²) in [4.78, 5) is 1.26. The molecule has 0 spiro atoms. The molecule has 0 heterocycles. The van der Waals surface area contributed by atoms with E-state index in [1.54, 1.807) is 0 Å². The van der Waals surface area contributed by atoms with Crippen molar-refractivity contribution in [1.29, 1.82) is 0 Å². The Bertz CT molecular complexity index is 486. The molecule has 0 aliphatic carbocycles. The number of benzene rings is 2. The fourth-order valence-corrected chi connectivity index (χ4v) is 2.58. The molecule has 0 saturated carbocycles. The lowest BCUT2D eigenvalue weighted by molar-refractivity contribution is 0.866. The summed E-state index contributed by atoms with van der Waals surface area (Å²) >= 11 is 1.84. The van der Waals surface area contributed by atoms with E-state index in [1.807, 2.05) is 23.9 Å². The molecule has 0 radical (unpaired) electrons. The van der Waals surface area contributed by atoms with Crippen molar-refractivity contribution in [1.82, 2.24) is 0 Å². The number of nitrogen functional groups attached to an aromatic ring is 1. The molecule has 0 bridgehead atoms. The predicted molar refractivity (Wildman–Crippen MR) is 80.9 cm³/mol. The Morgan fingerprint density at radius 1 is 0.944 bits per heavy atom. The van der Waals surface area contributed by atoms with Gasteiger partial charge in [0, 0.05) is 16.3 Å². The number of hydrogen-bond donors (Lipinski definition) is 1. The first kappa shape index (κ1) is 13.0. The van der Waals surface area contributed by atoms with E-state index in [9.17, 15) is 0 Å². The highest BCUT2D eigenvalue weighted by molar-refractivity contribution is 7.98. The minimum atomic E-state index is 0.601. The van der Waals surface area contributed by atoms with Gasteiger partial charge in [-0.15, -0.1) is 11.8 Å². The fourth-order valence-electron chi connectivity index (χ4n) is 1.73. The van der Waals surface area contributed by atoms with E-state index in [1.165, 1.54) is 16.0 Å². The molecule has 0 saturated heterocycles. The molecule has 0 unspecified atom stereocenters. The van der Waals surface area contributed by atoms with E-state index in [0.717, 1.165) is 11.4 Å². The molecule has 2 rings (SSSR count). The van der Waals surface area contributed by atoms with Crippen LogP contribution < -0.4 is 5.73 Å². The minimum absolute atomic E-state index is 0.601. The number of nitrogens with two attached hydrogens (primary N) is 1. The topological polar surface area (TPSA) is 26.0 Å². The van der Waals surface area contributed by atoms with Crippen molar-refractivity contribution in [3.05, 3.63) is 59.7 Å². The van der Waals surface area contributed by atoms with Crippen LogP contribution in [0.1, 0.15) is 30.9 Å². The first-order valence-corrected chi connectivity index (χ1v) is 7.21. The summed E-state index contributed by atoms with van der Waals surface area (Å²) in [5.41, 5.74) is 9.25. The molecule has 0 atom stereocenters. The van der Waals surface area contributed by atoms with Crippen LogP contribution in [0.4, 0.5) is 5.69 Å². The molecular formula is C16H19NS. The zero-order valence-electron chi connectivity index (χ0n) is 10.9. The van der Waals surface area contributed by atoms with E-state index in [4.69, 9.17) is 5.73 Å². The highest BCUT2D eigenvalue weighted by atomic mass is 32.2. The normalized spacial score (nSPS) is 10.8. The molecule has 2 N–H and O–H groups in total. The van der Waals surface area contributed by atoms with Gasteiger partial charge in [-0.2, -0.15) is 0 Å². The molecule has 2 aromatic carbocycles. The summed E-state index contributed by atoms with van der Waals surface area (Å²) in [6.45, 7) is 4.44. The highest BCUT2D eigenvalue weighted by Gasteiger charge is 2.00. The van der Waals surface area contributed by atoms with Crippen LogP contribution >= 0.6 is 11.8 Å². The summed E-state index contributed by atoms with van der Waals surface area (Å²) in [6, 6.07) is 16.9. The van der Waals surface area contributed by atoms with E-state index in [0.29, 0.717) is 5.92 Å². The number of hydrogen-bond acceptors (Lipinski definition) is 2. The Morgan fingerprint density at radius 3 is 2.11 bits per heavy atom. The standard InChI is InChI=1S/C16H19NS/c1-12(2)14-5-3-13(4-6-14)11-18-16-9-7-15(17)8-10-16/h3-10,12H,11,17H2,1-2H3. The van der Waals surface area contributed by atoms with Crippen LogP contribution in [0.5, 0.6) is 0 Å². The third-order valence-corrected chi connectivity index (χ3v) is 4.02. The lowest BCUT2D eigenvalue weighted by Crippen LogP contribution is -1.88. The van der Waals surface area contributed by atoms with E-state index < -0.39 is 0 Å². The van der Waals surface area contributed by atoms with Crippen LogP contribution in [0.15, 0.2) is 53.4 Å². The second kappa shape index (κ2) is 5.96. The van der Waals surface area contributed by atoms with Crippen molar-refractivity contribution in [2.75, 3.05) is 5.73 Å². The molecule has 18 heavy (non-hydrogen) atoms. The summed E-state index contributed by atoms with van der Waals surface area (Å²) in [5, 5.41) is 0. The smallest absolute Gasteiger partial charge is 0.0314 e. The lowest BCUT2D eigenvalue weighted by Gasteiger charge is -2.07. The Kier molecular flexibility index (Phi) is 4.32. The van der Waals surface area contributed by atoms with E-state index >= 15 is 0 Å². The molecule has 0 aliphatic rings. The molecule has 0 fully saturated rings. The SMILES string of the molecule is CC(C)c1ccc(CSc2ccc(N)cc2)cc1. The van der Waals surface area contributed by atoms with Crippen molar-refractivity contribution in [2.24, 2.45) is 0 Å². The largest absolute Gasteiger partial charge is 0.399 e. The Labute approximate surface area is 113 Å². The van der Waals surface area contributed by atoms with Gasteiger partial charge in [0.15, 0.2) is 0 Å². The second-order valence-electron chi connectivity index (χ2n) is 4.75. The number of rotatable bonds is 4. The fraction of sp³-hybridized carbons (Fsp3) is 0.250. The maximum absolute atomic E-state index is 5.67. The first-order chi connectivity index (χ1) is 8.65. The van der Waals surface area contributed by atoms with Crippen molar-refractivity contribution in [3.8, 4) is 0 Å². The molecule has 0 amide bonds. The number of anilines is 1. The van der Waals surface area contributed by atoms with Crippen LogP contribution in [0.3, 0.4) is 0 Å². The van der Waals surface area contributed by atoms with Crippen LogP contribution in [0, 0.1) is 0 Å². The first-order valence-electron chi connectivity index (χ1n) is 6.22. The molecule has 0 aliphatic heterocycles. The predicted octanol–water partition coefficient (Wildman–Crippen LogP) is 4.68. The third kappa shape index (κ3) is 3.54.